The highest BCUT2D eigenvalue weighted by Crippen LogP contribution is 2.67. The average molecular weight is 299 g/mol. The van der Waals surface area contributed by atoms with Gasteiger partial charge >= 0.3 is 15.6 Å². The van der Waals surface area contributed by atoms with Crippen molar-refractivity contribution in [1.82, 2.24) is 0 Å². The molecule has 0 rings (SSSR count). The third-order valence-corrected chi connectivity index (χ3v) is 4.10. The van der Waals surface area contributed by atoms with Crippen LogP contribution in [0.2, 0.25) is 0 Å². The molecule has 2 atom stereocenters. The van der Waals surface area contributed by atoms with Crippen LogP contribution in [0.3, 0.4) is 0 Å². The molecule has 0 amide bonds. The van der Waals surface area contributed by atoms with Gasteiger partial charge in [0.05, 0.1) is 14.4 Å². The van der Waals surface area contributed by atoms with Gasteiger partial charge in [-0.2, -0.15) is 8.62 Å². The second-order valence-corrected chi connectivity index (χ2v) is 5.83. The van der Waals surface area contributed by atoms with Gasteiger partial charge in [-0.3, -0.25) is 4.52 Å². The van der Waals surface area contributed by atoms with E-state index in [-0.39, 0.29) is 6.61 Å². The Morgan fingerprint density at radius 2 is 1.81 bits per heavy atom. The molecular weight excluding hydrogens is 288 g/mol. The summed E-state index contributed by atoms with van der Waals surface area (Å²) in [7, 11) is -15.4. The van der Waals surface area contributed by atoms with Gasteiger partial charge in [-0.05, 0) is 0 Å². The van der Waals surface area contributed by atoms with Gasteiger partial charge < -0.3 is 24.7 Å². The van der Waals surface area contributed by atoms with Gasteiger partial charge in [0.2, 0.25) is 0 Å². The van der Waals surface area contributed by atoms with Crippen molar-refractivity contribution in [2.24, 2.45) is 0 Å². The summed E-state index contributed by atoms with van der Waals surface area (Å²) >= 11 is 0. The molecule has 0 aliphatic rings. The van der Waals surface area contributed by atoms with E-state index < -0.39 is 37.6 Å². The van der Waals surface area contributed by atoms with Crippen LogP contribution in [-0.4, -0.2) is 40.6 Å². The predicted octanol–water partition coefficient (Wildman–Crippen LogP) is -2.38. The smallest absolute Gasteiger partial charge is 0.512 e. The van der Waals surface area contributed by atoms with Crippen LogP contribution in [0.4, 0.5) is 0 Å². The van der Waals surface area contributed by atoms with E-state index in [1.807, 2.05) is 0 Å². The van der Waals surface area contributed by atoms with Crippen molar-refractivity contribution in [2.45, 2.75) is 0 Å². The Kier molecular flexibility index (Phi) is 6.23. The predicted molar refractivity (Wildman–Crippen MR) is 53.9 cm³/mol. The van der Waals surface area contributed by atoms with E-state index in [9.17, 15) is 14.0 Å². The van der Waals surface area contributed by atoms with E-state index in [1.165, 1.54) is 0 Å². The van der Waals surface area contributed by atoms with Crippen LogP contribution in [0.25, 0.3) is 0 Å². The molecule has 14 heteroatoms. The van der Waals surface area contributed by atoms with E-state index >= 15 is 0 Å². The molecule has 4 N–H and O–H groups in total. The molecule has 0 aromatic heterocycles. The van der Waals surface area contributed by atoms with Crippen molar-refractivity contribution in [3.05, 3.63) is 0 Å². The number of rotatable bonds is 7. The van der Waals surface area contributed by atoms with Crippen LogP contribution in [0, 0.1) is 0 Å². The molecule has 0 heterocycles. The molecular formula is C2H11BO10P3-. The summed E-state index contributed by atoms with van der Waals surface area (Å²) in [5.74, 6) is 0. The van der Waals surface area contributed by atoms with Crippen molar-refractivity contribution in [1.29, 1.82) is 0 Å². The normalized spacial score (nSPS) is 20.1. The lowest BCUT2D eigenvalue weighted by Gasteiger charge is -2.30. The fourth-order valence-corrected chi connectivity index (χ4v) is 2.93. The van der Waals surface area contributed by atoms with Crippen LogP contribution < -0.4 is 4.89 Å². The van der Waals surface area contributed by atoms with E-state index in [2.05, 4.69) is 13.1 Å². The minimum absolute atomic E-state index is 0.378. The highest BCUT2D eigenvalue weighted by atomic mass is 31.3. The lowest BCUT2D eigenvalue weighted by molar-refractivity contribution is -0.203. The molecule has 0 aliphatic carbocycles. The highest BCUT2D eigenvalue weighted by molar-refractivity contribution is 7.88. The summed E-state index contributed by atoms with van der Waals surface area (Å²) < 4.78 is 33.1. The van der Waals surface area contributed by atoms with Gasteiger partial charge in [0, 0.05) is 0 Å². The van der Waals surface area contributed by atoms with Crippen molar-refractivity contribution in [3.8, 4) is 0 Å². The first-order chi connectivity index (χ1) is 6.97. The van der Waals surface area contributed by atoms with Gasteiger partial charge in [0.25, 0.3) is 0 Å². The minimum Gasteiger partial charge on any atom is -0.669 e. The Labute approximate surface area is 92.0 Å². The largest absolute Gasteiger partial charge is 0.669 e. The quantitative estimate of drug-likeness (QED) is 0.294. The summed E-state index contributed by atoms with van der Waals surface area (Å²) in [5.41, 5.74) is 0. The molecule has 2 unspecified atom stereocenters. The Morgan fingerprint density at radius 1 is 1.31 bits per heavy atom. The van der Waals surface area contributed by atoms with E-state index in [1.54, 1.807) is 0 Å². The second-order valence-electron chi connectivity index (χ2n) is 1.90. The Balaban J connectivity index is 4.46. The zero-order chi connectivity index (χ0) is 13.0. The molecule has 0 saturated heterocycles. The molecule has 0 aliphatic heterocycles. The minimum atomic E-state index is -5.24. The first-order valence-corrected chi connectivity index (χ1v) is 7.29. The fourth-order valence-electron chi connectivity index (χ4n) is 0.372. The summed E-state index contributed by atoms with van der Waals surface area (Å²) in [4.78, 5) is 36.7. The number of aliphatic hydroxyl groups is 1. The first-order valence-electron chi connectivity index (χ1n) is 3.17. The second kappa shape index (κ2) is 5.99. The molecule has 0 bridgehead atoms. The molecule has 0 fully saturated rings. The van der Waals surface area contributed by atoms with Crippen molar-refractivity contribution in [3.63, 3.8) is 0 Å². The number of phosphoric acid groups is 2. The zero-order valence-electron chi connectivity index (χ0n) is 6.99. The third kappa shape index (κ3) is 8.75. The van der Waals surface area contributed by atoms with Crippen molar-refractivity contribution in [2.75, 3.05) is 13.2 Å². The average Bonchev–Trinajstić information content (AvgIpc) is 1.93. The molecule has 98 valence electrons. The molecule has 16 heavy (non-hydrogen) atoms. The van der Waals surface area contributed by atoms with Crippen LogP contribution in [-0.2, 0) is 22.3 Å². The van der Waals surface area contributed by atoms with E-state index in [0.29, 0.717) is 0 Å². The van der Waals surface area contributed by atoms with E-state index in [0.717, 1.165) is 0 Å². The highest BCUT2D eigenvalue weighted by Gasteiger charge is 2.38. The molecule has 10 nitrogen and oxygen atoms in total. The van der Waals surface area contributed by atoms with Gasteiger partial charge in [0.1, 0.15) is 6.61 Å². The first kappa shape index (κ1) is 16.6. The topological polar surface area (TPSA) is 166 Å². The molecule has 0 aromatic carbocycles. The number of hydrogen-bond acceptors (Lipinski definition) is 7. The summed E-state index contributed by atoms with van der Waals surface area (Å²) in [6.45, 7) is -0.856. The van der Waals surface area contributed by atoms with Gasteiger partial charge in [-0.15, -0.1) is 0 Å². The Bertz CT molecular complexity index is 309. The van der Waals surface area contributed by atoms with E-state index in [4.69, 9.17) is 19.8 Å². The molecule has 0 spiro atoms. The lowest BCUT2D eigenvalue weighted by atomic mass is 10.8. The van der Waals surface area contributed by atoms with Crippen LogP contribution >= 0.6 is 23.5 Å². The summed E-state index contributed by atoms with van der Waals surface area (Å²) in [6, 6.07) is 0. The zero-order valence-corrected chi connectivity index (χ0v) is 9.68. The lowest BCUT2D eigenvalue weighted by Crippen LogP contribution is -2.16. The molecule has 0 aromatic rings. The standard InChI is InChI=1S/C2H11BO10P3/c3-14(5,11-2-1-4)12-16(9,10)13-15(6,7)8/h4H,1-2H2,3H3,(H,9,10)(H2,6,7,8)/q-1. The van der Waals surface area contributed by atoms with Crippen LogP contribution in [0.5, 0.6) is 0 Å². The number of aliphatic hydroxyl groups excluding tert-OH is 1. The summed E-state index contributed by atoms with van der Waals surface area (Å²) in [5, 5.41) is 8.35. The van der Waals surface area contributed by atoms with Gasteiger partial charge in [-0.1, -0.05) is 0 Å². The monoisotopic (exact) mass is 299 g/mol. The Hall–Kier alpha value is 0.635. The fraction of sp³-hybridized carbons (Fsp3) is 1.00. The summed E-state index contributed by atoms with van der Waals surface area (Å²) in [6.07, 6.45) is 0. The van der Waals surface area contributed by atoms with Gasteiger partial charge in [-0.25, -0.2) is 9.13 Å². The maximum absolute atomic E-state index is 11.4. The maximum Gasteiger partial charge on any atom is 0.512 e. The Morgan fingerprint density at radius 3 is 2.19 bits per heavy atom. The number of hydrogen-bond donors (Lipinski definition) is 4. The molecule has 0 radical (unpaired) electrons. The van der Waals surface area contributed by atoms with Gasteiger partial charge in [0.15, 0.2) is 7.57 Å². The SMILES string of the molecule is [BH3-][P+]([O-])(OCCO)OP(=O)(O)OP(=O)(O)O. The maximum atomic E-state index is 11.4. The van der Waals surface area contributed by atoms with Crippen molar-refractivity contribution < 1.29 is 47.0 Å². The molecule has 0 saturated carbocycles. The van der Waals surface area contributed by atoms with Crippen LogP contribution in [0.15, 0.2) is 0 Å². The third-order valence-electron chi connectivity index (χ3n) is 0.667. The van der Waals surface area contributed by atoms with Crippen molar-refractivity contribution >= 4 is 31.0 Å². The van der Waals surface area contributed by atoms with Crippen LogP contribution in [0.1, 0.15) is 0 Å².